The van der Waals surface area contributed by atoms with E-state index in [-0.39, 0.29) is 17.0 Å². The average Bonchev–Trinajstić information content (AvgIpc) is 3.07. The molecule has 6 nitrogen and oxygen atoms in total. The topological polar surface area (TPSA) is 79.5 Å². The van der Waals surface area contributed by atoms with Gasteiger partial charge in [-0.3, -0.25) is 9.59 Å². The highest BCUT2D eigenvalue weighted by Crippen LogP contribution is 2.17. The molecule has 23 heavy (non-hydrogen) atoms. The summed E-state index contributed by atoms with van der Waals surface area (Å²) in [4.78, 5) is 40.7. The number of fused-ring (bicyclic) bond motifs is 1. The maximum Gasteiger partial charge on any atom is 0.339 e. The Balaban J connectivity index is 1.83. The van der Waals surface area contributed by atoms with Crippen molar-refractivity contribution >= 4 is 22.8 Å². The molecule has 1 aromatic heterocycles. The van der Waals surface area contributed by atoms with Crippen LogP contribution in [-0.2, 0) is 9.53 Å². The molecule has 0 radical (unpaired) electrons. The van der Waals surface area contributed by atoms with Crippen molar-refractivity contribution < 1.29 is 14.3 Å². The highest BCUT2D eigenvalue weighted by molar-refractivity contribution is 6.03. The minimum absolute atomic E-state index is 0.172. The standard InChI is InChI=1S/C17H18N2O4/c1-11(16(21)19-8-4-5-9-19)23-17(22)13-10-15(20)18-14-7-3-2-6-12(13)14/h2-3,6-7,10-11H,4-5,8-9H2,1H3,(H,18,20)/t11-/m1/s1. The first kappa shape index (κ1) is 15.3. The molecule has 1 aliphatic heterocycles. The van der Waals surface area contributed by atoms with Crippen molar-refractivity contribution in [3.05, 3.63) is 46.2 Å². The molecule has 1 saturated heterocycles. The van der Waals surface area contributed by atoms with Crippen LogP contribution in [0.15, 0.2) is 35.1 Å². The molecule has 0 unspecified atom stereocenters. The Morgan fingerprint density at radius 2 is 1.91 bits per heavy atom. The number of para-hydroxylation sites is 1. The highest BCUT2D eigenvalue weighted by Gasteiger charge is 2.26. The molecule has 3 rings (SSSR count). The summed E-state index contributed by atoms with van der Waals surface area (Å²) in [7, 11) is 0. The van der Waals surface area contributed by atoms with Crippen LogP contribution in [-0.4, -0.2) is 41.0 Å². The Hall–Kier alpha value is -2.63. The second-order valence-electron chi connectivity index (χ2n) is 5.67. The van der Waals surface area contributed by atoms with Crippen molar-refractivity contribution in [3.63, 3.8) is 0 Å². The van der Waals surface area contributed by atoms with Gasteiger partial charge in [0.05, 0.1) is 5.56 Å². The normalized spacial score (nSPS) is 15.6. The van der Waals surface area contributed by atoms with Gasteiger partial charge < -0.3 is 14.6 Å². The lowest BCUT2D eigenvalue weighted by Gasteiger charge is -2.20. The lowest BCUT2D eigenvalue weighted by Crippen LogP contribution is -2.38. The largest absolute Gasteiger partial charge is 0.449 e. The Kier molecular flexibility index (Phi) is 4.14. The first-order valence-electron chi connectivity index (χ1n) is 7.68. The van der Waals surface area contributed by atoms with Gasteiger partial charge in [-0.25, -0.2) is 4.79 Å². The molecule has 1 amide bonds. The molecule has 0 saturated carbocycles. The van der Waals surface area contributed by atoms with Crippen LogP contribution in [0.5, 0.6) is 0 Å². The molecule has 1 aliphatic rings. The van der Waals surface area contributed by atoms with E-state index in [4.69, 9.17) is 4.74 Å². The predicted octanol–water partition coefficient (Wildman–Crippen LogP) is 1.70. The van der Waals surface area contributed by atoms with Crippen LogP contribution in [0.4, 0.5) is 0 Å². The van der Waals surface area contributed by atoms with E-state index in [9.17, 15) is 14.4 Å². The summed E-state index contributed by atoms with van der Waals surface area (Å²) in [5.41, 5.74) is 0.352. The van der Waals surface area contributed by atoms with Crippen molar-refractivity contribution in [1.29, 1.82) is 0 Å². The minimum atomic E-state index is -0.862. The molecule has 1 aromatic carbocycles. The maximum atomic E-state index is 12.4. The number of carbonyl (C=O) groups is 2. The number of aromatic nitrogens is 1. The number of ether oxygens (including phenoxy) is 1. The van der Waals surface area contributed by atoms with Crippen molar-refractivity contribution in [2.75, 3.05) is 13.1 Å². The van der Waals surface area contributed by atoms with Gasteiger partial charge >= 0.3 is 5.97 Å². The zero-order chi connectivity index (χ0) is 16.4. The molecule has 1 N–H and O–H groups in total. The number of pyridine rings is 1. The van der Waals surface area contributed by atoms with Crippen LogP contribution in [0.2, 0.25) is 0 Å². The fourth-order valence-electron chi connectivity index (χ4n) is 2.84. The van der Waals surface area contributed by atoms with E-state index in [1.165, 1.54) is 6.07 Å². The van der Waals surface area contributed by atoms with Crippen molar-refractivity contribution in [1.82, 2.24) is 9.88 Å². The van der Waals surface area contributed by atoms with Crippen LogP contribution in [0, 0.1) is 0 Å². The number of likely N-dealkylation sites (tertiary alicyclic amines) is 1. The first-order chi connectivity index (χ1) is 11.1. The minimum Gasteiger partial charge on any atom is -0.449 e. The molecule has 6 heteroatoms. The van der Waals surface area contributed by atoms with Gasteiger partial charge in [0.1, 0.15) is 0 Å². The van der Waals surface area contributed by atoms with Gasteiger partial charge in [-0.2, -0.15) is 0 Å². The van der Waals surface area contributed by atoms with E-state index in [0.717, 1.165) is 12.8 Å². The second-order valence-corrected chi connectivity index (χ2v) is 5.67. The average molecular weight is 314 g/mol. The van der Waals surface area contributed by atoms with Gasteiger partial charge in [-0.15, -0.1) is 0 Å². The molecule has 120 valence electrons. The fraction of sp³-hybridized carbons (Fsp3) is 0.353. The third kappa shape index (κ3) is 3.11. The number of nitrogens with one attached hydrogen (secondary N) is 1. The molecule has 0 spiro atoms. The number of amides is 1. The number of hydrogen-bond acceptors (Lipinski definition) is 4. The van der Waals surface area contributed by atoms with E-state index in [2.05, 4.69) is 4.98 Å². The number of nitrogens with zero attached hydrogens (tertiary/aromatic N) is 1. The molecular weight excluding hydrogens is 296 g/mol. The van der Waals surface area contributed by atoms with Crippen molar-refractivity contribution in [3.8, 4) is 0 Å². The number of H-pyrrole nitrogens is 1. The number of benzene rings is 1. The molecule has 0 aliphatic carbocycles. The first-order valence-corrected chi connectivity index (χ1v) is 7.68. The van der Waals surface area contributed by atoms with Crippen molar-refractivity contribution in [2.24, 2.45) is 0 Å². The van der Waals surface area contributed by atoms with Gasteiger partial charge in [0.25, 0.3) is 5.91 Å². The van der Waals surface area contributed by atoms with Crippen LogP contribution in [0.3, 0.4) is 0 Å². The van der Waals surface area contributed by atoms with E-state index in [0.29, 0.717) is 24.0 Å². The summed E-state index contributed by atoms with van der Waals surface area (Å²) in [5, 5.41) is 0.595. The summed E-state index contributed by atoms with van der Waals surface area (Å²) in [6, 6.07) is 8.20. The third-order valence-corrected chi connectivity index (χ3v) is 4.02. The molecule has 2 aromatic rings. The highest BCUT2D eigenvalue weighted by atomic mass is 16.5. The molecule has 2 heterocycles. The van der Waals surface area contributed by atoms with Gasteiger partial charge in [0.2, 0.25) is 5.56 Å². The monoisotopic (exact) mass is 314 g/mol. The van der Waals surface area contributed by atoms with Crippen molar-refractivity contribution in [2.45, 2.75) is 25.9 Å². The van der Waals surface area contributed by atoms with Gasteiger partial charge in [0, 0.05) is 30.1 Å². The predicted molar refractivity (Wildman–Crippen MR) is 85.3 cm³/mol. The third-order valence-electron chi connectivity index (χ3n) is 4.02. The summed E-state index contributed by atoms with van der Waals surface area (Å²) in [6.45, 7) is 2.97. The molecule has 1 fully saturated rings. The summed E-state index contributed by atoms with van der Waals surface area (Å²) in [6.07, 6.45) is 1.09. The van der Waals surface area contributed by atoms with Gasteiger partial charge in [0.15, 0.2) is 6.10 Å². The Morgan fingerprint density at radius 1 is 1.22 bits per heavy atom. The van der Waals surface area contributed by atoms with E-state index >= 15 is 0 Å². The summed E-state index contributed by atoms with van der Waals surface area (Å²) in [5.74, 6) is -0.850. The lowest BCUT2D eigenvalue weighted by molar-refractivity contribution is -0.138. The van der Waals surface area contributed by atoms with E-state index < -0.39 is 12.1 Å². The zero-order valence-corrected chi connectivity index (χ0v) is 12.9. The number of carbonyl (C=O) groups excluding carboxylic acids is 2. The summed E-state index contributed by atoms with van der Waals surface area (Å²) < 4.78 is 5.29. The van der Waals surface area contributed by atoms with Crippen LogP contribution < -0.4 is 5.56 Å². The fourth-order valence-corrected chi connectivity index (χ4v) is 2.84. The maximum absolute atomic E-state index is 12.4. The number of aromatic amines is 1. The van der Waals surface area contributed by atoms with E-state index in [1.807, 2.05) is 0 Å². The number of esters is 1. The van der Waals surface area contributed by atoms with Gasteiger partial charge in [-0.05, 0) is 25.8 Å². The van der Waals surface area contributed by atoms with E-state index in [1.54, 1.807) is 36.1 Å². The Labute approximate surface area is 133 Å². The molecular formula is C17H18N2O4. The molecule has 0 bridgehead atoms. The molecule has 1 atom stereocenters. The smallest absolute Gasteiger partial charge is 0.339 e. The van der Waals surface area contributed by atoms with Crippen LogP contribution >= 0.6 is 0 Å². The van der Waals surface area contributed by atoms with Crippen LogP contribution in [0.1, 0.15) is 30.1 Å². The van der Waals surface area contributed by atoms with Crippen LogP contribution in [0.25, 0.3) is 10.9 Å². The quantitative estimate of drug-likeness (QED) is 0.875. The zero-order valence-electron chi connectivity index (χ0n) is 12.9. The Bertz CT molecular complexity index is 806. The number of rotatable bonds is 3. The van der Waals surface area contributed by atoms with Gasteiger partial charge in [-0.1, -0.05) is 18.2 Å². The summed E-state index contributed by atoms with van der Waals surface area (Å²) >= 11 is 0. The lowest BCUT2D eigenvalue weighted by atomic mass is 10.1. The SMILES string of the molecule is C[C@@H](OC(=O)c1cc(=O)[nH]c2ccccc12)C(=O)N1CCCC1. The Morgan fingerprint density at radius 3 is 2.65 bits per heavy atom. The second kappa shape index (κ2) is 6.24. The number of hydrogen-bond donors (Lipinski definition) is 1.